The molecule has 2 aromatic carbocycles. The first-order valence-corrected chi connectivity index (χ1v) is 12.2. The van der Waals surface area contributed by atoms with Crippen LogP contribution in [-0.2, 0) is 0 Å². The molecular weight excluding hydrogens is 454 g/mol. The summed E-state index contributed by atoms with van der Waals surface area (Å²) in [5.41, 5.74) is 4.31. The molecule has 2 aromatic heterocycles. The zero-order valence-electron chi connectivity index (χ0n) is 17.8. The Bertz CT molecular complexity index is 1260. The number of nitrogens with zero attached hydrogens (tertiary/aromatic N) is 4. The highest BCUT2D eigenvalue weighted by molar-refractivity contribution is 7.99. The molecule has 1 saturated heterocycles. The van der Waals surface area contributed by atoms with Crippen molar-refractivity contribution < 1.29 is 4.79 Å². The number of halogens is 1. The van der Waals surface area contributed by atoms with E-state index < -0.39 is 0 Å². The second-order valence-corrected chi connectivity index (χ2v) is 9.26. The Hall–Kier alpha value is -3.29. The monoisotopic (exact) mass is 475 g/mol. The lowest BCUT2D eigenvalue weighted by Crippen LogP contribution is -2.32. The zero-order chi connectivity index (χ0) is 22.6. The van der Waals surface area contributed by atoms with E-state index in [-0.39, 0.29) is 5.91 Å². The van der Waals surface area contributed by atoms with Gasteiger partial charge in [0.1, 0.15) is 5.69 Å². The van der Waals surface area contributed by atoms with E-state index >= 15 is 0 Å². The topological polar surface area (TPSA) is 63.1 Å². The summed E-state index contributed by atoms with van der Waals surface area (Å²) >= 11 is 8.53. The van der Waals surface area contributed by atoms with Gasteiger partial charge in [0.2, 0.25) is 0 Å². The standard InChI is InChI=1S/C25H22ClN5OS/c26-22-15-19(8-9-23(22)30-11-13-33-14-12-30)28-25(32)21-17-31(20-6-2-1-3-7-20)29-24(21)18-5-4-10-27-16-18/h1-10,15-17H,11-14H2,(H,28,32). The Labute approximate surface area is 201 Å². The van der Waals surface area contributed by atoms with Gasteiger partial charge in [0, 0.05) is 54.4 Å². The van der Waals surface area contributed by atoms with Crippen LogP contribution in [0.2, 0.25) is 5.02 Å². The third-order valence-corrected chi connectivity index (χ3v) is 6.72. The number of benzene rings is 2. The van der Waals surface area contributed by atoms with Crippen molar-refractivity contribution in [2.45, 2.75) is 0 Å². The number of hydrogen-bond acceptors (Lipinski definition) is 5. The molecule has 5 rings (SSSR count). The Morgan fingerprint density at radius 1 is 1.03 bits per heavy atom. The summed E-state index contributed by atoms with van der Waals surface area (Å²) in [5.74, 6) is 1.93. The van der Waals surface area contributed by atoms with Crippen molar-refractivity contribution in [1.29, 1.82) is 0 Å². The van der Waals surface area contributed by atoms with Gasteiger partial charge in [-0.15, -0.1) is 0 Å². The van der Waals surface area contributed by atoms with E-state index in [0.29, 0.717) is 22.0 Å². The van der Waals surface area contributed by atoms with Gasteiger partial charge in [-0.3, -0.25) is 9.78 Å². The van der Waals surface area contributed by atoms with Crippen molar-refractivity contribution >= 4 is 40.6 Å². The van der Waals surface area contributed by atoms with Crippen molar-refractivity contribution in [1.82, 2.24) is 14.8 Å². The van der Waals surface area contributed by atoms with Crippen molar-refractivity contribution in [3.8, 4) is 16.9 Å². The van der Waals surface area contributed by atoms with Crippen LogP contribution in [0.4, 0.5) is 11.4 Å². The molecule has 166 valence electrons. The first-order valence-electron chi connectivity index (χ1n) is 10.7. The van der Waals surface area contributed by atoms with Gasteiger partial charge >= 0.3 is 0 Å². The molecule has 8 heteroatoms. The maximum atomic E-state index is 13.3. The Balaban J connectivity index is 1.44. The molecule has 1 aliphatic rings. The minimum absolute atomic E-state index is 0.255. The Morgan fingerprint density at radius 2 is 1.85 bits per heavy atom. The third-order valence-electron chi connectivity index (χ3n) is 5.47. The van der Waals surface area contributed by atoms with Crippen molar-refractivity contribution in [2.24, 2.45) is 0 Å². The Morgan fingerprint density at radius 3 is 2.58 bits per heavy atom. The van der Waals surface area contributed by atoms with E-state index in [1.54, 1.807) is 23.3 Å². The molecule has 1 fully saturated rings. The third kappa shape index (κ3) is 4.74. The number of amides is 1. The predicted molar refractivity (Wildman–Crippen MR) is 136 cm³/mol. The fourth-order valence-electron chi connectivity index (χ4n) is 3.81. The summed E-state index contributed by atoms with van der Waals surface area (Å²) in [5, 5.41) is 8.30. The van der Waals surface area contributed by atoms with Crippen molar-refractivity contribution in [3.63, 3.8) is 0 Å². The average Bonchev–Trinajstić information content (AvgIpc) is 3.32. The maximum absolute atomic E-state index is 13.3. The van der Waals surface area contributed by atoms with Crippen molar-refractivity contribution in [2.75, 3.05) is 34.8 Å². The van der Waals surface area contributed by atoms with Crippen LogP contribution in [-0.4, -0.2) is 45.3 Å². The van der Waals surface area contributed by atoms with Gasteiger partial charge in [0.15, 0.2) is 0 Å². The van der Waals surface area contributed by atoms with E-state index in [1.807, 2.05) is 72.4 Å². The average molecular weight is 476 g/mol. The van der Waals surface area contributed by atoms with Crippen LogP contribution in [0.3, 0.4) is 0 Å². The van der Waals surface area contributed by atoms with Crippen LogP contribution in [0.25, 0.3) is 16.9 Å². The van der Waals surface area contributed by atoms with E-state index in [1.165, 1.54) is 0 Å². The van der Waals surface area contributed by atoms with Crippen LogP contribution >= 0.6 is 23.4 Å². The highest BCUT2D eigenvalue weighted by Crippen LogP contribution is 2.31. The largest absolute Gasteiger partial charge is 0.369 e. The number of anilines is 2. The molecule has 3 heterocycles. The van der Waals surface area contributed by atoms with Gasteiger partial charge < -0.3 is 10.2 Å². The number of hydrogen-bond donors (Lipinski definition) is 1. The molecule has 0 bridgehead atoms. The summed E-state index contributed by atoms with van der Waals surface area (Å²) in [6, 6.07) is 19.1. The fraction of sp³-hybridized carbons (Fsp3) is 0.160. The van der Waals surface area contributed by atoms with Crippen LogP contribution < -0.4 is 10.2 Å². The predicted octanol–water partition coefficient (Wildman–Crippen LogP) is 5.39. The molecule has 1 N–H and O–H groups in total. The van der Waals surface area contributed by atoms with Gasteiger partial charge in [0.05, 0.1) is 22.0 Å². The summed E-state index contributed by atoms with van der Waals surface area (Å²) in [4.78, 5) is 19.8. The smallest absolute Gasteiger partial charge is 0.259 e. The van der Waals surface area contributed by atoms with Crippen LogP contribution in [0.5, 0.6) is 0 Å². The number of carbonyl (C=O) groups excluding carboxylic acids is 1. The number of pyridine rings is 1. The normalized spacial score (nSPS) is 13.7. The molecule has 33 heavy (non-hydrogen) atoms. The number of rotatable bonds is 5. The van der Waals surface area contributed by atoms with Gasteiger partial charge in [-0.25, -0.2) is 4.68 Å². The molecule has 0 radical (unpaired) electrons. The summed E-state index contributed by atoms with van der Waals surface area (Å²) in [6.07, 6.45) is 5.15. The minimum atomic E-state index is -0.255. The lowest BCUT2D eigenvalue weighted by atomic mass is 10.1. The first-order chi connectivity index (χ1) is 16.2. The maximum Gasteiger partial charge on any atom is 0.259 e. The van der Waals surface area contributed by atoms with Gasteiger partial charge in [0.25, 0.3) is 5.91 Å². The SMILES string of the molecule is O=C(Nc1ccc(N2CCSCC2)c(Cl)c1)c1cn(-c2ccccc2)nc1-c1cccnc1. The van der Waals surface area contributed by atoms with Gasteiger partial charge in [-0.2, -0.15) is 16.9 Å². The molecule has 6 nitrogen and oxygen atoms in total. The van der Waals surface area contributed by atoms with Gasteiger partial charge in [-0.1, -0.05) is 29.8 Å². The molecule has 1 amide bonds. The van der Waals surface area contributed by atoms with E-state index in [9.17, 15) is 4.79 Å². The van der Waals surface area contributed by atoms with E-state index in [0.717, 1.165) is 41.5 Å². The number of thioether (sulfide) groups is 1. The van der Waals surface area contributed by atoms with E-state index in [4.69, 9.17) is 11.6 Å². The number of para-hydroxylation sites is 1. The fourth-order valence-corrected chi connectivity index (χ4v) is 5.02. The van der Waals surface area contributed by atoms with E-state index in [2.05, 4.69) is 20.3 Å². The summed E-state index contributed by atoms with van der Waals surface area (Å²) in [7, 11) is 0. The zero-order valence-corrected chi connectivity index (χ0v) is 19.4. The van der Waals surface area contributed by atoms with Crippen LogP contribution in [0, 0.1) is 0 Å². The Kier molecular flexibility index (Phi) is 6.32. The van der Waals surface area contributed by atoms with Crippen LogP contribution in [0.15, 0.2) is 79.3 Å². The lowest BCUT2D eigenvalue weighted by Gasteiger charge is -2.29. The molecule has 0 aliphatic carbocycles. The molecule has 0 spiro atoms. The second-order valence-electron chi connectivity index (χ2n) is 7.63. The highest BCUT2D eigenvalue weighted by atomic mass is 35.5. The number of aromatic nitrogens is 3. The van der Waals surface area contributed by atoms with Crippen LogP contribution in [0.1, 0.15) is 10.4 Å². The van der Waals surface area contributed by atoms with Crippen molar-refractivity contribution in [3.05, 3.63) is 89.8 Å². The van der Waals surface area contributed by atoms with Gasteiger partial charge in [-0.05, 0) is 42.5 Å². The summed E-state index contributed by atoms with van der Waals surface area (Å²) < 4.78 is 1.71. The molecule has 0 unspecified atom stereocenters. The minimum Gasteiger partial charge on any atom is -0.369 e. The molecule has 4 aromatic rings. The second kappa shape index (κ2) is 9.68. The molecule has 1 aliphatic heterocycles. The molecule has 0 saturated carbocycles. The highest BCUT2D eigenvalue weighted by Gasteiger charge is 2.20. The molecular formula is C25H22ClN5OS. The number of nitrogens with one attached hydrogen (secondary N) is 1. The lowest BCUT2D eigenvalue weighted by molar-refractivity contribution is 0.102. The quantitative estimate of drug-likeness (QED) is 0.419. The first kappa shape index (κ1) is 21.6. The summed E-state index contributed by atoms with van der Waals surface area (Å²) in [6.45, 7) is 1.95. The number of carbonyl (C=O) groups is 1. The molecule has 0 atom stereocenters.